The standard InChI is InChI=1S/C12H11N5O3/c1-7-2-3-14-10(4-7)16-12(18)9-5-8(17(19)20)6-15-11(9)13/h2-6H,1H3,(H2,13,15)(H,14,16,18). The number of nitrogens with one attached hydrogen (secondary N) is 1. The fraction of sp³-hybridized carbons (Fsp3) is 0.0833. The first kappa shape index (κ1) is 13.4. The molecule has 0 atom stereocenters. The van der Waals surface area contributed by atoms with Crippen LogP contribution in [0, 0.1) is 17.0 Å². The fourth-order valence-electron chi connectivity index (χ4n) is 1.53. The van der Waals surface area contributed by atoms with Crippen LogP contribution >= 0.6 is 0 Å². The molecule has 0 spiro atoms. The molecule has 0 unspecified atom stereocenters. The van der Waals surface area contributed by atoms with Crippen molar-refractivity contribution in [2.75, 3.05) is 11.1 Å². The quantitative estimate of drug-likeness (QED) is 0.645. The zero-order valence-corrected chi connectivity index (χ0v) is 10.5. The van der Waals surface area contributed by atoms with Gasteiger partial charge in [0, 0.05) is 12.3 Å². The van der Waals surface area contributed by atoms with Crippen molar-refractivity contribution in [2.45, 2.75) is 6.92 Å². The summed E-state index contributed by atoms with van der Waals surface area (Å²) in [5, 5.41) is 13.2. The number of carbonyl (C=O) groups excluding carboxylic acids is 1. The number of anilines is 2. The lowest BCUT2D eigenvalue weighted by atomic mass is 10.2. The average Bonchev–Trinajstić information content (AvgIpc) is 2.38. The van der Waals surface area contributed by atoms with Gasteiger partial charge >= 0.3 is 0 Å². The van der Waals surface area contributed by atoms with Crippen LogP contribution in [0.25, 0.3) is 0 Å². The van der Waals surface area contributed by atoms with E-state index in [-0.39, 0.29) is 17.1 Å². The number of rotatable bonds is 3. The number of pyridine rings is 2. The van der Waals surface area contributed by atoms with Crippen LogP contribution in [0.1, 0.15) is 15.9 Å². The van der Waals surface area contributed by atoms with E-state index >= 15 is 0 Å². The van der Waals surface area contributed by atoms with E-state index in [4.69, 9.17) is 5.73 Å². The molecule has 8 heteroatoms. The van der Waals surface area contributed by atoms with Crippen molar-refractivity contribution in [1.29, 1.82) is 0 Å². The predicted octanol–water partition coefficient (Wildman–Crippen LogP) is 1.53. The molecule has 102 valence electrons. The molecule has 0 aliphatic rings. The summed E-state index contributed by atoms with van der Waals surface area (Å²) in [6, 6.07) is 4.52. The molecule has 0 aromatic carbocycles. The molecular formula is C12H11N5O3. The first-order valence-electron chi connectivity index (χ1n) is 5.61. The summed E-state index contributed by atoms with van der Waals surface area (Å²) in [5.74, 6) is -0.349. The van der Waals surface area contributed by atoms with E-state index in [0.717, 1.165) is 17.8 Å². The van der Waals surface area contributed by atoms with Gasteiger partial charge in [0.05, 0.1) is 10.5 Å². The number of hydrogen-bond donors (Lipinski definition) is 2. The summed E-state index contributed by atoms with van der Waals surface area (Å²) < 4.78 is 0. The number of nitro groups is 1. The third-order valence-corrected chi connectivity index (χ3v) is 2.52. The van der Waals surface area contributed by atoms with E-state index < -0.39 is 10.8 Å². The SMILES string of the molecule is Cc1ccnc(NC(=O)c2cc([N+](=O)[O-])cnc2N)c1. The molecule has 0 aliphatic heterocycles. The van der Waals surface area contributed by atoms with Crippen LogP contribution in [0.5, 0.6) is 0 Å². The van der Waals surface area contributed by atoms with Gasteiger partial charge in [0.1, 0.15) is 17.8 Å². The maximum Gasteiger partial charge on any atom is 0.288 e. The highest BCUT2D eigenvalue weighted by atomic mass is 16.6. The summed E-state index contributed by atoms with van der Waals surface area (Å²) in [5.41, 5.74) is 6.10. The van der Waals surface area contributed by atoms with Gasteiger partial charge in [-0.1, -0.05) is 0 Å². The highest BCUT2D eigenvalue weighted by Gasteiger charge is 2.17. The van der Waals surface area contributed by atoms with Crippen LogP contribution < -0.4 is 11.1 Å². The molecule has 3 N–H and O–H groups in total. The molecule has 2 aromatic rings. The Balaban J connectivity index is 2.29. The smallest absolute Gasteiger partial charge is 0.288 e. The van der Waals surface area contributed by atoms with Gasteiger partial charge in [0.15, 0.2) is 0 Å². The molecule has 0 saturated heterocycles. The number of nitrogen functional groups attached to an aromatic ring is 1. The van der Waals surface area contributed by atoms with E-state index in [9.17, 15) is 14.9 Å². The Bertz CT molecular complexity index is 687. The van der Waals surface area contributed by atoms with Crippen LogP contribution in [0.2, 0.25) is 0 Å². The number of nitrogens with zero attached hydrogens (tertiary/aromatic N) is 3. The van der Waals surface area contributed by atoms with Crippen LogP contribution in [-0.2, 0) is 0 Å². The van der Waals surface area contributed by atoms with Crippen LogP contribution in [0.4, 0.5) is 17.3 Å². The molecule has 0 bridgehead atoms. The van der Waals surface area contributed by atoms with E-state index in [0.29, 0.717) is 5.82 Å². The van der Waals surface area contributed by atoms with Crippen LogP contribution in [0.15, 0.2) is 30.6 Å². The van der Waals surface area contributed by atoms with Gasteiger partial charge in [0.25, 0.3) is 11.6 Å². The van der Waals surface area contributed by atoms with Gasteiger partial charge in [0.2, 0.25) is 0 Å². The minimum Gasteiger partial charge on any atom is -0.383 e. The van der Waals surface area contributed by atoms with Crippen LogP contribution in [0.3, 0.4) is 0 Å². The van der Waals surface area contributed by atoms with Gasteiger partial charge in [-0.05, 0) is 24.6 Å². The zero-order chi connectivity index (χ0) is 14.7. The Labute approximate surface area is 113 Å². The zero-order valence-electron chi connectivity index (χ0n) is 10.5. The first-order valence-corrected chi connectivity index (χ1v) is 5.61. The molecule has 0 fully saturated rings. The summed E-state index contributed by atoms with van der Waals surface area (Å²) in [6.45, 7) is 1.85. The lowest BCUT2D eigenvalue weighted by Crippen LogP contribution is -2.16. The molecule has 2 heterocycles. The number of nitrogens with two attached hydrogens (primary N) is 1. The molecule has 2 rings (SSSR count). The summed E-state index contributed by atoms with van der Waals surface area (Å²) in [4.78, 5) is 29.7. The fourth-order valence-corrected chi connectivity index (χ4v) is 1.53. The lowest BCUT2D eigenvalue weighted by molar-refractivity contribution is -0.385. The maximum absolute atomic E-state index is 12.0. The molecule has 0 aliphatic carbocycles. The number of amides is 1. The van der Waals surface area contributed by atoms with E-state index in [2.05, 4.69) is 15.3 Å². The second kappa shape index (κ2) is 5.31. The van der Waals surface area contributed by atoms with Crippen molar-refractivity contribution in [3.8, 4) is 0 Å². The second-order valence-corrected chi connectivity index (χ2v) is 4.06. The minimum absolute atomic E-state index is 0.0671. The monoisotopic (exact) mass is 273 g/mol. The third kappa shape index (κ3) is 2.86. The molecule has 0 radical (unpaired) electrons. The first-order chi connectivity index (χ1) is 9.47. The Morgan fingerprint density at radius 1 is 1.40 bits per heavy atom. The van der Waals surface area contributed by atoms with Crippen molar-refractivity contribution in [3.05, 3.63) is 51.8 Å². The minimum atomic E-state index is -0.645. The summed E-state index contributed by atoms with van der Waals surface area (Å²) in [6.07, 6.45) is 2.54. The van der Waals surface area contributed by atoms with Gasteiger partial charge < -0.3 is 11.1 Å². The molecule has 2 aromatic heterocycles. The number of hydrogen-bond acceptors (Lipinski definition) is 6. The highest BCUT2D eigenvalue weighted by molar-refractivity contribution is 6.07. The van der Waals surface area contributed by atoms with Gasteiger partial charge in [-0.2, -0.15) is 0 Å². The average molecular weight is 273 g/mol. The predicted molar refractivity (Wildman–Crippen MR) is 72.2 cm³/mol. The largest absolute Gasteiger partial charge is 0.383 e. The van der Waals surface area contributed by atoms with Crippen molar-refractivity contribution in [3.63, 3.8) is 0 Å². The highest BCUT2D eigenvalue weighted by Crippen LogP contribution is 2.18. The Morgan fingerprint density at radius 3 is 2.80 bits per heavy atom. The molecule has 1 amide bonds. The maximum atomic E-state index is 12.0. The topological polar surface area (TPSA) is 124 Å². The number of carbonyl (C=O) groups is 1. The van der Waals surface area contributed by atoms with E-state index in [1.165, 1.54) is 0 Å². The van der Waals surface area contributed by atoms with Gasteiger partial charge in [-0.15, -0.1) is 0 Å². The Morgan fingerprint density at radius 2 is 2.15 bits per heavy atom. The normalized spacial score (nSPS) is 10.1. The third-order valence-electron chi connectivity index (χ3n) is 2.52. The molecule has 8 nitrogen and oxygen atoms in total. The van der Waals surface area contributed by atoms with Crippen molar-refractivity contribution >= 4 is 23.2 Å². The van der Waals surface area contributed by atoms with Crippen molar-refractivity contribution in [1.82, 2.24) is 9.97 Å². The second-order valence-electron chi connectivity index (χ2n) is 4.06. The molecular weight excluding hydrogens is 262 g/mol. The molecule has 0 saturated carbocycles. The Hall–Kier alpha value is -3.03. The summed E-state index contributed by atoms with van der Waals surface area (Å²) >= 11 is 0. The van der Waals surface area contributed by atoms with E-state index in [1.807, 2.05) is 6.92 Å². The van der Waals surface area contributed by atoms with Gasteiger partial charge in [-0.3, -0.25) is 14.9 Å². The van der Waals surface area contributed by atoms with E-state index in [1.54, 1.807) is 18.3 Å². The van der Waals surface area contributed by atoms with Crippen molar-refractivity contribution < 1.29 is 9.72 Å². The Kier molecular flexibility index (Phi) is 3.56. The number of aromatic nitrogens is 2. The lowest BCUT2D eigenvalue weighted by Gasteiger charge is -2.06. The number of aryl methyl sites for hydroxylation is 1. The summed E-state index contributed by atoms with van der Waals surface area (Å²) in [7, 11) is 0. The van der Waals surface area contributed by atoms with Crippen LogP contribution in [-0.4, -0.2) is 20.8 Å². The molecule has 20 heavy (non-hydrogen) atoms. The van der Waals surface area contributed by atoms with Gasteiger partial charge in [-0.25, -0.2) is 9.97 Å². The van der Waals surface area contributed by atoms with Crippen molar-refractivity contribution in [2.24, 2.45) is 0 Å².